The molecule has 158 valence electrons. The smallest absolute Gasteiger partial charge is 0.231 e. The lowest BCUT2D eigenvalue weighted by Gasteiger charge is -2.12. The number of hydrogen-bond acceptors (Lipinski definition) is 4. The lowest BCUT2D eigenvalue weighted by atomic mass is 10.1. The van der Waals surface area contributed by atoms with Gasteiger partial charge in [0, 0.05) is 11.1 Å². The van der Waals surface area contributed by atoms with Gasteiger partial charge in [0.2, 0.25) is 5.78 Å². The highest BCUT2D eigenvalue weighted by Gasteiger charge is 2.30. The van der Waals surface area contributed by atoms with Crippen molar-refractivity contribution in [1.29, 1.82) is 0 Å². The second kappa shape index (κ2) is 9.04. The van der Waals surface area contributed by atoms with Crippen molar-refractivity contribution in [3.63, 3.8) is 0 Å². The Hall–Kier alpha value is -2.95. The number of ketones is 1. The number of Topliss-reactive ketones (excluding diaryl/α,β-unsaturated/α-hetero) is 1. The maximum absolute atomic E-state index is 12.9. The van der Waals surface area contributed by atoms with Crippen LogP contribution in [0.1, 0.15) is 34.0 Å². The van der Waals surface area contributed by atoms with Crippen molar-refractivity contribution >= 4 is 35.1 Å². The Balaban J connectivity index is 1.57. The number of fused-ring (bicyclic) bond motifs is 1. The summed E-state index contributed by atoms with van der Waals surface area (Å²) in [5.74, 6) is 1.94. The first kappa shape index (κ1) is 21.3. The lowest BCUT2D eigenvalue weighted by Crippen LogP contribution is -1.99. The first-order valence-electron chi connectivity index (χ1n) is 9.84. The van der Waals surface area contributed by atoms with E-state index in [4.69, 9.17) is 37.4 Å². The third-order valence-corrected chi connectivity index (χ3v) is 5.66. The monoisotopic (exact) mass is 454 g/mol. The molecule has 1 heterocycles. The fraction of sp³-hybridized carbons (Fsp3) is 0.160. The maximum Gasteiger partial charge on any atom is 0.231 e. The molecule has 0 bridgehead atoms. The van der Waals surface area contributed by atoms with Crippen molar-refractivity contribution in [3.05, 3.63) is 92.7 Å². The summed E-state index contributed by atoms with van der Waals surface area (Å²) in [5, 5.41) is 0.973. The summed E-state index contributed by atoms with van der Waals surface area (Å²) >= 11 is 12.0. The standard InChI is InChI=1S/C25H20Cl2O4/c1-3-29-22-7-5-4-6-17(22)13-23-24(28)18-9-11-21(15(2)25(18)31-23)30-14-16-8-10-19(26)20(27)12-16/h4-13H,3,14H2,1-2H3/b23-13-. The molecule has 0 N–H and O–H groups in total. The second-order valence-electron chi connectivity index (χ2n) is 7.01. The molecule has 0 radical (unpaired) electrons. The number of ether oxygens (including phenoxy) is 3. The van der Waals surface area contributed by atoms with Gasteiger partial charge in [0.25, 0.3) is 0 Å². The van der Waals surface area contributed by atoms with Gasteiger partial charge in [-0.15, -0.1) is 0 Å². The van der Waals surface area contributed by atoms with Crippen LogP contribution >= 0.6 is 23.2 Å². The Morgan fingerprint density at radius 2 is 1.77 bits per heavy atom. The van der Waals surface area contributed by atoms with Gasteiger partial charge in [-0.3, -0.25) is 4.79 Å². The van der Waals surface area contributed by atoms with E-state index in [2.05, 4.69) is 0 Å². The van der Waals surface area contributed by atoms with Crippen molar-refractivity contribution in [2.24, 2.45) is 0 Å². The van der Waals surface area contributed by atoms with Crippen molar-refractivity contribution in [2.45, 2.75) is 20.5 Å². The van der Waals surface area contributed by atoms with Gasteiger partial charge < -0.3 is 14.2 Å². The number of carbonyl (C=O) groups excluding carboxylic acids is 1. The summed E-state index contributed by atoms with van der Waals surface area (Å²) < 4.78 is 17.5. The molecule has 0 fully saturated rings. The molecule has 0 saturated heterocycles. The summed E-state index contributed by atoms with van der Waals surface area (Å²) in [6, 6.07) is 16.4. The zero-order chi connectivity index (χ0) is 22.0. The van der Waals surface area contributed by atoms with Gasteiger partial charge in [0.15, 0.2) is 5.76 Å². The van der Waals surface area contributed by atoms with Crippen LogP contribution < -0.4 is 14.2 Å². The Labute approximate surface area is 191 Å². The summed E-state index contributed by atoms with van der Waals surface area (Å²) in [4.78, 5) is 12.9. The molecule has 0 unspecified atom stereocenters. The fourth-order valence-electron chi connectivity index (χ4n) is 3.34. The molecule has 0 spiro atoms. The number of rotatable bonds is 6. The molecule has 0 saturated carbocycles. The molecule has 31 heavy (non-hydrogen) atoms. The van der Waals surface area contributed by atoms with Gasteiger partial charge in [-0.2, -0.15) is 0 Å². The normalized spacial score (nSPS) is 13.8. The SMILES string of the molecule is CCOc1ccccc1/C=C1\Oc2c(ccc(OCc3ccc(Cl)c(Cl)c3)c2C)C1=O. The highest BCUT2D eigenvalue weighted by Crippen LogP contribution is 2.40. The highest BCUT2D eigenvalue weighted by atomic mass is 35.5. The Morgan fingerprint density at radius 3 is 2.55 bits per heavy atom. The molecule has 3 aromatic carbocycles. The summed E-state index contributed by atoms with van der Waals surface area (Å²) in [6.45, 7) is 4.63. The zero-order valence-corrected chi connectivity index (χ0v) is 18.6. The Morgan fingerprint density at radius 1 is 0.968 bits per heavy atom. The van der Waals surface area contributed by atoms with Gasteiger partial charge in [0.05, 0.1) is 22.2 Å². The first-order chi connectivity index (χ1) is 15.0. The van der Waals surface area contributed by atoms with Crippen LogP contribution in [0.15, 0.2) is 60.4 Å². The van der Waals surface area contributed by atoms with Crippen LogP contribution in [0.25, 0.3) is 6.08 Å². The minimum absolute atomic E-state index is 0.166. The number of benzene rings is 3. The fourth-order valence-corrected chi connectivity index (χ4v) is 3.66. The Bertz CT molecular complexity index is 1180. The zero-order valence-electron chi connectivity index (χ0n) is 17.1. The van der Waals surface area contributed by atoms with E-state index in [1.165, 1.54) is 0 Å². The number of carbonyl (C=O) groups is 1. The van der Waals surface area contributed by atoms with Crippen LogP contribution in [0, 0.1) is 6.92 Å². The number of para-hydroxylation sites is 1. The molecule has 0 amide bonds. The van der Waals surface area contributed by atoms with Gasteiger partial charge in [-0.1, -0.05) is 47.5 Å². The van der Waals surface area contributed by atoms with Crippen LogP contribution in [0.3, 0.4) is 0 Å². The van der Waals surface area contributed by atoms with E-state index in [0.29, 0.717) is 46.1 Å². The van der Waals surface area contributed by atoms with Gasteiger partial charge >= 0.3 is 0 Å². The van der Waals surface area contributed by atoms with Crippen molar-refractivity contribution < 1.29 is 19.0 Å². The van der Waals surface area contributed by atoms with Crippen molar-refractivity contribution in [1.82, 2.24) is 0 Å². The predicted octanol–water partition coefficient (Wildman–Crippen LogP) is 6.90. The molecular formula is C25H20Cl2O4. The molecule has 4 rings (SSSR count). The second-order valence-corrected chi connectivity index (χ2v) is 7.83. The minimum atomic E-state index is -0.166. The number of halogens is 2. The van der Waals surface area contributed by atoms with E-state index in [0.717, 1.165) is 16.7 Å². The van der Waals surface area contributed by atoms with Crippen molar-refractivity contribution in [3.8, 4) is 17.2 Å². The molecule has 0 aliphatic carbocycles. The molecule has 0 aromatic heterocycles. The summed E-state index contributed by atoms with van der Waals surface area (Å²) in [7, 11) is 0. The highest BCUT2D eigenvalue weighted by molar-refractivity contribution is 6.42. The maximum atomic E-state index is 12.9. The summed E-state index contributed by atoms with van der Waals surface area (Å²) in [5.41, 5.74) is 2.94. The van der Waals surface area contributed by atoms with Gasteiger partial charge in [-0.25, -0.2) is 0 Å². The number of hydrogen-bond donors (Lipinski definition) is 0. The molecular weight excluding hydrogens is 435 g/mol. The van der Waals surface area contributed by atoms with E-state index in [1.54, 1.807) is 30.3 Å². The largest absolute Gasteiger partial charge is 0.493 e. The predicted molar refractivity (Wildman–Crippen MR) is 123 cm³/mol. The molecule has 3 aromatic rings. The van der Waals surface area contributed by atoms with E-state index in [9.17, 15) is 4.79 Å². The Kier molecular flexibility index (Phi) is 6.21. The van der Waals surface area contributed by atoms with Crippen molar-refractivity contribution in [2.75, 3.05) is 6.61 Å². The van der Waals surface area contributed by atoms with Crippen LogP contribution in [-0.2, 0) is 6.61 Å². The van der Waals surface area contributed by atoms with Gasteiger partial charge in [0.1, 0.15) is 23.9 Å². The minimum Gasteiger partial charge on any atom is -0.493 e. The molecule has 1 aliphatic heterocycles. The number of allylic oxidation sites excluding steroid dienone is 1. The average Bonchev–Trinajstić information content (AvgIpc) is 3.08. The third-order valence-electron chi connectivity index (χ3n) is 4.92. The van der Waals surface area contributed by atoms with Crippen LogP contribution in [0.5, 0.6) is 17.2 Å². The topological polar surface area (TPSA) is 44.8 Å². The van der Waals surface area contributed by atoms with E-state index >= 15 is 0 Å². The first-order valence-corrected chi connectivity index (χ1v) is 10.6. The van der Waals surface area contributed by atoms with E-state index < -0.39 is 0 Å². The van der Waals surface area contributed by atoms with Crippen LogP contribution in [-0.4, -0.2) is 12.4 Å². The van der Waals surface area contributed by atoms with E-state index in [-0.39, 0.29) is 11.5 Å². The lowest BCUT2D eigenvalue weighted by molar-refractivity contribution is 0.101. The van der Waals surface area contributed by atoms with Gasteiger partial charge in [-0.05, 0) is 55.8 Å². The third kappa shape index (κ3) is 4.41. The van der Waals surface area contributed by atoms with Crippen LogP contribution in [0.2, 0.25) is 10.0 Å². The molecule has 1 aliphatic rings. The van der Waals surface area contributed by atoms with E-state index in [1.807, 2.05) is 44.2 Å². The van der Waals surface area contributed by atoms with Crippen LogP contribution in [0.4, 0.5) is 0 Å². The summed E-state index contributed by atoms with van der Waals surface area (Å²) in [6.07, 6.45) is 1.71. The molecule has 4 nitrogen and oxygen atoms in total. The quantitative estimate of drug-likeness (QED) is 0.380. The molecule has 6 heteroatoms. The average molecular weight is 455 g/mol. The molecule has 0 atom stereocenters.